The smallest absolute Gasteiger partial charge is 0.240 e. The van der Waals surface area contributed by atoms with E-state index in [-0.39, 0.29) is 0 Å². The predicted octanol–water partition coefficient (Wildman–Crippen LogP) is 1.27. The molecule has 2 rings (SSSR count). The van der Waals surface area contributed by atoms with E-state index in [9.17, 15) is 0 Å². The standard InChI is InChI=1S/C9H10N2O/c1-11-7-12-9(10-11)8-5-3-2-4-6-8/h2-6H,7H2,1H3. The highest BCUT2D eigenvalue weighted by Crippen LogP contribution is 2.08. The molecule has 3 heteroatoms. The molecule has 0 bridgehead atoms. The number of hydrogen-bond acceptors (Lipinski definition) is 3. The van der Waals surface area contributed by atoms with Crippen LogP contribution < -0.4 is 0 Å². The van der Waals surface area contributed by atoms with Gasteiger partial charge in [0, 0.05) is 12.6 Å². The predicted molar refractivity (Wildman–Crippen MR) is 46.7 cm³/mol. The highest BCUT2D eigenvalue weighted by atomic mass is 16.5. The van der Waals surface area contributed by atoms with Crippen LogP contribution in [0.2, 0.25) is 0 Å². The van der Waals surface area contributed by atoms with Gasteiger partial charge in [0.2, 0.25) is 5.90 Å². The lowest BCUT2D eigenvalue weighted by Gasteiger charge is -1.99. The second-order valence-electron chi connectivity index (χ2n) is 2.70. The van der Waals surface area contributed by atoms with E-state index < -0.39 is 0 Å². The van der Waals surface area contributed by atoms with Crippen LogP contribution in [0.3, 0.4) is 0 Å². The summed E-state index contributed by atoms with van der Waals surface area (Å²) in [5.41, 5.74) is 1.03. The van der Waals surface area contributed by atoms with Crippen LogP contribution in [0.4, 0.5) is 0 Å². The third-order valence-corrected chi connectivity index (χ3v) is 1.67. The molecule has 0 amide bonds. The second-order valence-corrected chi connectivity index (χ2v) is 2.70. The van der Waals surface area contributed by atoms with E-state index in [1.807, 2.05) is 37.4 Å². The van der Waals surface area contributed by atoms with Crippen LogP contribution in [-0.2, 0) is 4.74 Å². The third-order valence-electron chi connectivity index (χ3n) is 1.67. The summed E-state index contributed by atoms with van der Waals surface area (Å²) in [6, 6.07) is 9.89. The first-order valence-electron chi connectivity index (χ1n) is 3.84. The minimum Gasteiger partial charge on any atom is -0.453 e. The number of hydrazone groups is 1. The Morgan fingerprint density at radius 1 is 1.33 bits per heavy atom. The summed E-state index contributed by atoms with van der Waals surface area (Å²) in [5.74, 6) is 0.707. The van der Waals surface area contributed by atoms with Crippen LogP contribution in [0.15, 0.2) is 35.4 Å². The Morgan fingerprint density at radius 2 is 2.08 bits per heavy atom. The van der Waals surface area contributed by atoms with Crippen molar-refractivity contribution in [1.82, 2.24) is 5.01 Å². The first kappa shape index (κ1) is 7.16. The minimum absolute atomic E-state index is 0.546. The molecule has 1 aliphatic rings. The quantitative estimate of drug-likeness (QED) is 0.621. The Balaban J connectivity index is 2.27. The van der Waals surface area contributed by atoms with E-state index in [1.54, 1.807) is 5.01 Å². The number of ether oxygens (including phenoxy) is 1. The zero-order chi connectivity index (χ0) is 8.39. The van der Waals surface area contributed by atoms with Gasteiger partial charge >= 0.3 is 0 Å². The van der Waals surface area contributed by atoms with Gasteiger partial charge in [-0.15, -0.1) is 5.10 Å². The van der Waals surface area contributed by atoms with E-state index in [0.29, 0.717) is 12.6 Å². The summed E-state index contributed by atoms with van der Waals surface area (Å²) in [6.07, 6.45) is 0. The third kappa shape index (κ3) is 1.25. The molecule has 1 heterocycles. The average molecular weight is 162 g/mol. The Labute approximate surface area is 71.3 Å². The van der Waals surface area contributed by atoms with Crippen molar-refractivity contribution in [3.05, 3.63) is 35.9 Å². The molecule has 0 aliphatic carbocycles. The van der Waals surface area contributed by atoms with Gasteiger partial charge in [0.1, 0.15) is 0 Å². The molecule has 0 atom stereocenters. The molecule has 0 unspecified atom stereocenters. The van der Waals surface area contributed by atoms with Crippen molar-refractivity contribution in [3.63, 3.8) is 0 Å². The van der Waals surface area contributed by atoms with Gasteiger partial charge in [-0.1, -0.05) is 18.2 Å². The molecule has 0 spiro atoms. The van der Waals surface area contributed by atoms with Crippen molar-refractivity contribution >= 4 is 5.90 Å². The van der Waals surface area contributed by atoms with Gasteiger partial charge < -0.3 is 4.74 Å². The summed E-state index contributed by atoms with van der Waals surface area (Å²) in [5, 5.41) is 5.95. The summed E-state index contributed by atoms with van der Waals surface area (Å²) in [7, 11) is 1.88. The molecule has 1 aliphatic heterocycles. The Bertz CT molecular complexity index is 295. The average Bonchev–Trinajstić information content (AvgIpc) is 2.54. The molecule has 0 fully saturated rings. The molecular formula is C9H10N2O. The molecule has 0 radical (unpaired) electrons. The van der Waals surface area contributed by atoms with Crippen LogP contribution in [0.25, 0.3) is 0 Å². The van der Waals surface area contributed by atoms with Crippen molar-refractivity contribution in [2.24, 2.45) is 5.10 Å². The Morgan fingerprint density at radius 3 is 2.67 bits per heavy atom. The maximum absolute atomic E-state index is 5.33. The molecule has 0 aromatic heterocycles. The molecule has 0 N–H and O–H groups in total. The minimum atomic E-state index is 0.546. The van der Waals surface area contributed by atoms with Gasteiger partial charge in [0.25, 0.3) is 0 Å². The fraction of sp³-hybridized carbons (Fsp3) is 0.222. The monoisotopic (exact) mass is 162 g/mol. The molecule has 62 valence electrons. The lowest BCUT2D eigenvalue weighted by Crippen LogP contribution is -2.06. The zero-order valence-electron chi connectivity index (χ0n) is 6.90. The highest BCUT2D eigenvalue weighted by Gasteiger charge is 2.12. The summed E-state index contributed by atoms with van der Waals surface area (Å²) < 4.78 is 5.33. The molecule has 1 aromatic carbocycles. The first-order chi connectivity index (χ1) is 5.86. The van der Waals surface area contributed by atoms with Gasteiger partial charge in [-0.25, -0.2) is 0 Å². The molecule has 1 aromatic rings. The molecular weight excluding hydrogens is 152 g/mol. The number of nitrogens with zero attached hydrogens (tertiary/aromatic N) is 2. The van der Waals surface area contributed by atoms with Crippen molar-refractivity contribution in [2.75, 3.05) is 13.8 Å². The van der Waals surface area contributed by atoms with Gasteiger partial charge in [0.15, 0.2) is 6.73 Å². The van der Waals surface area contributed by atoms with Crippen LogP contribution in [0.5, 0.6) is 0 Å². The molecule has 3 nitrogen and oxygen atoms in total. The summed E-state index contributed by atoms with van der Waals surface area (Å²) in [6.45, 7) is 0.546. The lowest BCUT2D eigenvalue weighted by atomic mass is 10.2. The molecule has 0 saturated carbocycles. The van der Waals surface area contributed by atoms with Crippen LogP contribution in [-0.4, -0.2) is 24.7 Å². The van der Waals surface area contributed by atoms with Gasteiger partial charge in [0.05, 0.1) is 0 Å². The van der Waals surface area contributed by atoms with Gasteiger partial charge in [-0.2, -0.15) is 0 Å². The van der Waals surface area contributed by atoms with Crippen LogP contribution in [0, 0.1) is 0 Å². The first-order valence-corrected chi connectivity index (χ1v) is 3.84. The van der Waals surface area contributed by atoms with Crippen molar-refractivity contribution in [2.45, 2.75) is 0 Å². The fourth-order valence-electron chi connectivity index (χ4n) is 1.09. The summed E-state index contributed by atoms with van der Waals surface area (Å²) in [4.78, 5) is 0. The van der Waals surface area contributed by atoms with E-state index in [4.69, 9.17) is 4.74 Å². The lowest BCUT2D eigenvalue weighted by molar-refractivity contribution is 0.199. The maximum Gasteiger partial charge on any atom is 0.240 e. The number of benzene rings is 1. The Kier molecular flexibility index (Phi) is 1.70. The zero-order valence-corrected chi connectivity index (χ0v) is 6.90. The fourth-order valence-corrected chi connectivity index (χ4v) is 1.09. The van der Waals surface area contributed by atoms with Crippen LogP contribution >= 0.6 is 0 Å². The van der Waals surface area contributed by atoms with Crippen molar-refractivity contribution in [3.8, 4) is 0 Å². The second kappa shape index (κ2) is 2.85. The van der Waals surface area contributed by atoms with E-state index in [2.05, 4.69) is 5.10 Å². The topological polar surface area (TPSA) is 24.8 Å². The van der Waals surface area contributed by atoms with Crippen LogP contribution in [0.1, 0.15) is 5.56 Å². The molecule has 0 saturated heterocycles. The summed E-state index contributed by atoms with van der Waals surface area (Å²) >= 11 is 0. The van der Waals surface area contributed by atoms with E-state index >= 15 is 0 Å². The largest absolute Gasteiger partial charge is 0.453 e. The van der Waals surface area contributed by atoms with E-state index in [1.165, 1.54) is 0 Å². The SMILES string of the molecule is CN1COC(c2ccccc2)=N1. The number of hydrogen-bond donors (Lipinski definition) is 0. The Hall–Kier alpha value is -1.51. The van der Waals surface area contributed by atoms with E-state index in [0.717, 1.165) is 5.56 Å². The van der Waals surface area contributed by atoms with Gasteiger partial charge in [-0.3, -0.25) is 5.01 Å². The van der Waals surface area contributed by atoms with Crippen molar-refractivity contribution in [1.29, 1.82) is 0 Å². The van der Waals surface area contributed by atoms with Crippen molar-refractivity contribution < 1.29 is 4.74 Å². The maximum atomic E-state index is 5.33. The molecule has 12 heavy (non-hydrogen) atoms. The normalized spacial score (nSPS) is 15.8. The van der Waals surface area contributed by atoms with Gasteiger partial charge in [-0.05, 0) is 12.1 Å². The number of rotatable bonds is 1. The highest BCUT2D eigenvalue weighted by molar-refractivity contribution is 5.94.